The molecule has 1 fully saturated rings. The Morgan fingerprint density at radius 1 is 1.52 bits per heavy atom. The van der Waals surface area contributed by atoms with Gasteiger partial charge in [0.05, 0.1) is 5.57 Å². The molecule has 3 rings (SSSR count). The molecule has 3 N–H and O–H groups in total. The summed E-state index contributed by atoms with van der Waals surface area (Å²) in [6.07, 6.45) is 2.19. The SMILES string of the molecule is C/C=C/C1=NC2(CO)O/C(=[N+]3\C=C(C)C(=O)NC3=O)[C@H](O)[C@@H]2O1. The van der Waals surface area contributed by atoms with E-state index in [0.29, 0.717) is 0 Å². The summed E-state index contributed by atoms with van der Waals surface area (Å²) in [6, 6.07) is -0.764. The molecule has 122 valence electrons. The van der Waals surface area contributed by atoms with Crippen LogP contribution < -0.4 is 5.32 Å². The van der Waals surface area contributed by atoms with Gasteiger partial charge in [0.2, 0.25) is 12.0 Å². The lowest BCUT2D eigenvalue weighted by Gasteiger charge is -2.19. The molecule has 0 aliphatic carbocycles. The fraction of sp³-hybridized carbons (Fsp3) is 0.429. The lowest BCUT2D eigenvalue weighted by molar-refractivity contribution is -0.370. The van der Waals surface area contributed by atoms with Crippen LogP contribution in [0.1, 0.15) is 13.8 Å². The minimum absolute atomic E-state index is 0.156. The molecule has 9 nitrogen and oxygen atoms in total. The number of urea groups is 1. The summed E-state index contributed by atoms with van der Waals surface area (Å²) in [7, 11) is 0. The van der Waals surface area contributed by atoms with Gasteiger partial charge in [0.25, 0.3) is 5.72 Å². The van der Waals surface area contributed by atoms with Gasteiger partial charge in [-0.15, -0.1) is 4.58 Å². The molecule has 3 amide bonds. The fourth-order valence-electron chi connectivity index (χ4n) is 2.56. The molecular formula is C14H16N3O6+. The zero-order chi connectivity index (χ0) is 16.8. The number of carbonyl (C=O) groups is 2. The first-order valence-corrected chi connectivity index (χ1v) is 6.99. The number of carbonyl (C=O) groups excluding carboxylic acids is 2. The van der Waals surface area contributed by atoms with Crippen molar-refractivity contribution in [1.82, 2.24) is 5.32 Å². The van der Waals surface area contributed by atoms with Gasteiger partial charge in [0.15, 0.2) is 6.10 Å². The van der Waals surface area contributed by atoms with E-state index in [4.69, 9.17) is 9.47 Å². The highest BCUT2D eigenvalue weighted by molar-refractivity contribution is 6.04. The predicted octanol–water partition coefficient (Wildman–Crippen LogP) is -0.996. The van der Waals surface area contributed by atoms with Crippen LogP contribution in [0, 0.1) is 0 Å². The van der Waals surface area contributed by atoms with Crippen molar-refractivity contribution in [2.24, 2.45) is 4.99 Å². The maximum atomic E-state index is 11.9. The normalized spacial score (nSPS) is 36.3. The summed E-state index contributed by atoms with van der Waals surface area (Å²) in [5.41, 5.74) is -1.25. The molecule has 3 heterocycles. The highest BCUT2D eigenvalue weighted by Crippen LogP contribution is 2.37. The molecular weight excluding hydrogens is 306 g/mol. The van der Waals surface area contributed by atoms with E-state index in [-0.39, 0.29) is 17.4 Å². The molecule has 1 saturated heterocycles. The Kier molecular flexibility index (Phi) is 3.53. The van der Waals surface area contributed by atoms with Crippen LogP contribution in [0.25, 0.3) is 0 Å². The number of amides is 3. The monoisotopic (exact) mass is 322 g/mol. The first kappa shape index (κ1) is 15.4. The molecule has 9 heteroatoms. The van der Waals surface area contributed by atoms with Gasteiger partial charge in [-0.05, 0) is 19.9 Å². The molecule has 0 radical (unpaired) electrons. The fourth-order valence-corrected chi connectivity index (χ4v) is 2.56. The number of hydrogen-bond acceptors (Lipinski definition) is 7. The topological polar surface area (TPSA) is 120 Å². The summed E-state index contributed by atoms with van der Waals surface area (Å²) < 4.78 is 12.1. The van der Waals surface area contributed by atoms with Gasteiger partial charge in [-0.2, -0.15) is 15.1 Å². The molecule has 23 heavy (non-hydrogen) atoms. The predicted molar refractivity (Wildman–Crippen MR) is 76.6 cm³/mol. The summed E-state index contributed by atoms with van der Waals surface area (Å²) in [6.45, 7) is 2.73. The van der Waals surface area contributed by atoms with Gasteiger partial charge >= 0.3 is 17.8 Å². The average molecular weight is 322 g/mol. The van der Waals surface area contributed by atoms with Crippen molar-refractivity contribution in [1.29, 1.82) is 0 Å². The van der Waals surface area contributed by atoms with Crippen molar-refractivity contribution >= 4 is 23.7 Å². The lowest BCUT2D eigenvalue weighted by atomic mass is 10.1. The van der Waals surface area contributed by atoms with Crippen molar-refractivity contribution in [3.8, 4) is 0 Å². The summed E-state index contributed by atoms with van der Waals surface area (Å²) in [4.78, 5) is 27.5. The Morgan fingerprint density at radius 2 is 2.26 bits per heavy atom. The third-order valence-electron chi connectivity index (χ3n) is 3.71. The number of ether oxygens (including phenoxy) is 2. The molecule has 3 atom stereocenters. The van der Waals surface area contributed by atoms with Gasteiger partial charge in [-0.25, -0.2) is 4.79 Å². The van der Waals surface area contributed by atoms with E-state index < -0.39 is 36.5 Å². The zero-order valence-electron chi connectivity index (χ0n) is 12.5. The molecule has 0 aromatic rings. The Labute approximate surface area is 131 Å². The highest BCUT2D eigenvalue weighted by Gasteiger charge is 2.62. The number of rotatable bonds is 2. The van der Waals surface area contributed by atoms with Gasteiger partial charge < -0.3 is 19.7 Å². The van der Waals surface area contributed by atoms with Crippen LogP contribution in [-0.4, -0.2) is 63.1 Å². The van der Waals surface area contributed by atoms with E-state index in [9.17, 15) is 19.8 Å². The maximum Gasteiger partial charge on any atom is 0.506 e. The smallest absolute Gasteiger partial charge is 0.464 e. The van der Waals surface area contributed by atoms with Crippen LogP contribution in [0.3, 0.4) is 0 Å². The van der Waals surface area contributed by atoms with Crippen molar-refractivity contribution in [3.05, 3.63) is 23.9 Å². The highest BCUT2D eigenvalue weighted by atomic mass is 16.6. The average Bonchev–Trinajstić information content (AvgIpc) is 2.99. The third kappa shape index (κ3) is 2.25. The number of fused-ring (bicyclic) bond motifs is 1. The van der Waals surface area contributed by atoms with E-state index in [0.717, 1.165) is 4.58 Å². The Hall–Kier alpha value is -2.52. The van der Waals surface area contributed by atoms with Crippen LogP contribution in [0.2, 0.25) is 0 Å². The van der Waals surface area contributed by atoms with Gasteiger partial charge in [0, 0.05) is 0 Å². The van der Waals surface area contributed by atoms with Crippen molar-refractivity contribution in [3.63, 3.8) is 0 Å². The second-order valence-corrected chi connectivity index (χ2v) is 5.32. The van der Waals surface area contributed by atoms with Crippen molar-refractivity contribution in [2.75, 3.05) is 6.61 Å². The molecule has 0 aromatic carbocycles. The van der Waals surface area contributed by atoms with Gasteiger partial charge in [0.1, 0.15) is 12.8 Å². The van der Waals surface area contributed by atoms with Gasteiger partial charge in [-0.1, -0.05) is 6.08 Å². The molecule has 0 bridgehead atoms. The minimum Gasteiger partial charge on any atom is -0.464 e. The van der Waals surface area contributed by atoms with E-state index in [1.165, 1.54) is 13.1 Å². The van der Waals surface area contributed by atoms with E-state index in [1.807, 2.05) is 0 Å². The van der Waals surface area contributed by atoms with Crippen LogP contribution in [0.15, 0.2) is 28.9 Å². The zero-order valence-corrected chi connectivity index (χ0v) is 12.5. The molecule has 1 unspecified atom stereocenters. The molecule has 0 aromatic heterocycles. The van der Waals surface area contributed by atoms with Crippen LogP contribution in [0.4, 0.5) is 4.79 Å². The second-order valence-electron chi connectivity index (χ2n) is 5.32. The first-order chi connectivity index (χ1) is 10.9. The number of nitrogens with one attached hydrogen (secondary N) is 1. The number of nitrogens with zero attached hydrogens (tertiary/aromatic N) is 2. The van der Waals surface area contributed by atoms with Crippen LogP contribution in [-0.2, 0) is 14.3 Å². The number of aliphatic imine (C=N–C) groups is 1. The summed E-state index contributed by atoms with van der Waals surface area (Å²) >= 11 is 0. The Morgan fingerprint density at radius 3 is 2.87 bits per heavy atom. The van der Waals surface area contributed by atoms with Crippen molar-refractivity contribution < 1.29 is 33.9 Å². The molecule has 3 aliphatic rings. The number of aliphatic hydroxyl groups is 2. The van der Waals surface area contributed by atoms with E-state index >= 15 is 0 Å². The summed E-state index contributed by atoms with van der Waals surface area (Å²) in [5, 5.41) is 22.2. The van der Waals surface area contributed by atoms with E-state index in [2.05, 4.69) is 10.3 Å². The largest absolute Gasteiger partial charge is 0.506 e. The quantitative estimate of drug-likeness (QED) is 0.561. The third-order valence-corrected chi connectivity index (χ3v) is 3.71. The standard InChI is InChI=1S/C14H15N3O6/c1-3-4-8-16-14(6-18)10(22-8)9(19)12(23-14)17-5-7(2)11(20)15-13(17)21/h3-5,9-10,18-19H,6H2,1-2H3/p+1/b4-3+,17-12+/t9-,10+,14?/m1/s1. The molecule has 0 saturated carbocycles. The number of imide groups is 1. The lowest BCUT2D eigenvalue weighted by Crippen LogP contribution is -2.45. The summed E-state index contributed by atoms with van der Waals surface area (Å²) in [5.74, 6) is -0.465. The van der Waals surface area contributed by atoms with Gasteiger partial charge in [-0.3, -0.25) is 0 Å². The Bertz CT molecular complexity index is 707. The first-order valence-electron chi connectivity index (χ1n) is 6.99. The second kappa shape index (κ2) is 5.28. The molecule has 0 spiro atoms. The van der Waals surface area contributed by atoms with E-state index in [1.54, 1.807) is 19.1 Å². The number of hydrogen-bond donors (Lipinski definition) is 3. The number of aliphatic hydroxyl groups excluding tert-OH is 2. The Balaban J connectivity index is 2.05. The maximum absolute atomic E-state index is 11.9. The van der Waals surface area contributed by atoms with Crippen LogP contribution in [0.5, 0.6) is 0 Å². The molecule has 3 aliphatic heterocycles. The number of allylic oxidation sites excluding steroid dienone is 1. The van der Waals surface area contributed by atoms with Crippen LogP contribution >= 0.6 is 0 Å². The minimum atomic E-state index is -1.52. The van der Waals surface area contributed by atoms with Crippen molar-refractivity contribution in [2.45, 2.75) is 31.8 Å².